The monoisotopic (exact) mass is 664 g/mol. The smallest absolute Gasteiger partial charge is 0.326 e. The molecule has 0 aliphatic heterocycles. The average Bonchev–Trinajstić information content (AvgIpc) is 3.01. The number of nitrogens with one attached hydrogen (secondary N) is 6. The first kappa shape index (κ1) is 40.4. The van der Waals surface area contributed by atoms with Crippen LogP contribution in [-0.4, -0.2) is 90.4 Å². The minimum atomic E-state index is -1.20. The Balaban J connectivity index is 2.45. The minimum Gasteiger partial charge on any atom is -0.480 e. The fourth-order valence-corrected chi connectivity index (χ4v) is 4.72. The number of hydrogen-bond donors (Lipinski definition) is 7. The van der Waals surface area contributed by atoms with E-state index in [1.54, 1.807) is 19.1 Å². The van der Waals surface area contributed by atoms with E-state index in [9.17, 15) is 33.9 Å². The quantitative estimate of drug-likeness (QED) is 0.0812. The van der Waals surface area contributed by atoms with Crippen LogP contribution in [-0.2, 0) is 25.7 Å². The first-order chi connectivity index (χ1) is 21.9. The van der Waals surface area contributed by atoms with Crippen LogP contribution in [0, 0.1) is 0 Å². The number of carboxylic acid groups (broad SMARTS) is 1. The summed E-state index contributed by atoms with van der Waals surface area (Å²) in [6, 6.07) is 5.08. The minimum absolute atomic E-state index is 0.146. The maximum absolute atomic E-state index is 12.9. The molecule has 46 heavy (non-hydrogen) atoms. The van der Waals surface area contributed by atoms with Gasteiger partial charge in [-0.3, -0.25) is 14.4 Å². The van der Waals surface area contributed by atoms with Crippen molar-refractivity contribution in [2.75, 3.05) is 31.6 Å². The lowest BCUT2D eigenvalue weighted by molar-refractivity contribution is -0.142. The number of unbranched alkanes of at least 4 members (excludes halogenated alkanes) is 3. The van der Waals surface area contributed by atoms with Gasteiger partial charge in [0.15, 0.2) is 0 Å². The van der Waals surface area contributed by atoms with E-state index in [2.05, 4.69) is 31.9 Å². The van der Waals surface area contributed by atoms with E-state index in [-0.39, 0.29) is 18.2 Å². The third-order valence-corrected chi connectivity index (χ3v) is 7.56. The summed E-state index contributed by atoms with van der Waals surface area (Å²) in [5, 5.41) is 26.0. The van der Waals surface area contributed by atoms with Gasteiger partial charge in [0.1, 0.15) is 17.9 Å². The van der Waals surface area contributed by atoms with Crippen LogP contribution in [0.25, 0.3) is 0 Å². The molecule has 2 atom stereocenters. The van der Waals surface area contributed by atoms with Gasteiger partial charge >= 0.3 is 12.0 Å². The third kappa shape index (κ3) is 19.0. The van der Waals surface area contributed by atoms with Crippen LogP contribution in [0.2, 0.25) is 0 Å². The number of hydrogen-bond acceptors (Lipinski definition) is 8. The van der Waals surface area contributed by atoms with Gasteiger partial charge in [-0.2, -0.15) is 11.8 Å². The Morgan fingerprint density at radius 1 is 0.804 bits per heavy atom. The highest BCUT2D eigenvalue weighted by atomic mass is 32.2. The van der Waals surface area contributed by atoms with Crippen LogP contribution >= 0.6 is 11.8 Å². The van der Waals surface area contributed by atoms with Crippen LogP contribution in [0.15, 0.2) is 24.3 Å². The normalized spacial score (nSPS) is 12.1. The zero-order valence-electron chi connectivity index (χ0n) is 27.5. The molecule has 0 saturated heterocycles. The highest BCUT2D eigenvalue weighted by molar-refractivity contribution is 7.98. The lowest BCUT2D eigenvalue weighted by Gasteiger charge is -2.19. The molecule has 0 radical (unpaired) electrons. The number of rotatable bonds is 24. The first-order valence-electron chi connectivity index (χ1n) is 15.9. The number of carboxylic acids is 1. The van der Waals surface area contributed by atoms with Crippen molar-refractivity contribution in [1.29, 1.82) is 0 Å². The van der Waals surface area contributed by atoms with Gasteiger partial charge in [0.05, 0.1) is 6.54 Å². The van der Waals surface area contributed by atoms with E-state index < -0.39 is 42.3 Å². The summed E-state index contributed by atoms with van der Waals surface area (Å²) in [5.41, 5.74) is 1.43. The van der Waals surface area contributed by atoms with Crippen molar-refractivity contribution in [3.63, 3.8) is 0 Å². The average molecular weight is 665 g/mol. The second-order valence-electron chi connectivity index (χ2n) is 11.4. The van der Waals surface area contributed by atoms with E-state index >= 15 is 0 Å². The van der Waals surface area contributed by atoms with Crippen LogP contribution in [0.3, 0.4) is 0 Å². The molecule has 1 aromatic rings. The maximum atomic E-state index is 12.9. The van der Waals surface area contributed by atoms with Gasteiger partial charge in [0, 0.05) is 37.7 Å². The van der Waals surface area contributed by atoms with Gasteiger partial charge in [-0.25, -0.2) is 9.59 Å². The molecule has 1 aromatic carbocycles. The lowest BCUT2D eigenvalue weighted by atomic mass is 10.1. The highest BCUT2D eigenvalue weighted by Gasteiger charge is 2.23. The van der Waals surface area contributed by atoms with Crippen molar-refractivity contribution in [1.82, 2.24) is 31.9 Å². The van der Waals surface area contributed by atoms with Crippen molar-refractivity contribution in [3.05, 3.63) is 35.4 Å². The topological polar surface area (TPSA) is 195 Å². The van der Waals surface area contributed by atoms with Crippen molar-refractivity contribution in [2.45, 2.75) is 96.8 Å². The summed E-state index contributed by atoms with van der Waals surface area (Å²) in [4.78, 5) is 72.7. The Morgan fingerprint density at radius 2 is 1.46 bits per heavy atom. The summed E-state index contributed by atoms with van der Waals surface area (Å²) in [5.74, 6) is -2.06. The van der Waals surface area contributed by atoms with Gasteiger partial charge in [-0.15, -0.1) is 0 Å². The van der Waals surface area contributed by atoms with E-state index in [0.717, 1.165) is 24.8 Å². The second-order valence-corrected chi connectivity index (χ2v) is 12.4. The number of aliphatic carboxylic acids is 1. The molecule has 0 aromatic heterocycles. The summed E-state index contributed by atoms with van der Waals surface area (Å²) in [6.45, 7) is 6.73. The molecular formula is C32H52N6O7S. The molecule has 1 rings (SSSR count). The molecule has 0 heterocycles. The summed E-state index contributed by atoms with van der Waals surface area (Å²) >= 11 is 1.52. The molecule has 0 saturated carbocycles. The van der Waals surface area contributed by atoms with Crippen molar-refractivity contribution >= 4 is 47.3 Å². The number of ketones is 1. The van der Waals surface area contributed by atoms with Gasteiger partial charge in [-0.1, -0.05) is 32.4 Å². The number of carbonyl (C=O) groups excluding carboxylic acids is 5. The van der Waals surface area contributed by atoms with Crippen LogP contribution < -0.4 is 31.9 Å². The number of carbonyl (C=O) groups is 6. The second kappa shape index (κ2) is 23.7. The number of urea groups is 1. The summed E-state index contributed by atoms with van der Waals surface area (Å²) in [6.07, 6.45) is 6.30. The molecular weight excluding hydrogens is 612 g/mol. The van der Waals surface area contributed by atoms with Gasteiger partial charge in [0.25, 0.3) is 5.91 Å². The third-order valence-electron chi connectivity index (χ3n) is 6.92. The van der Waals surface area contributed by atoms with Crippen molar-refractivity contribution < 1.29 is 33.9 Å². The molecule has 0 spiro atoms. The maximum Gasteiger partial charge on any atom is 0.326 e. The lowest BCUT2D eigenvalue weighted by Crippen LogP contribution is -2.51. The standard InChI is InChI=1S/C32H52N6O7S/c1-22(2)35-20-24-12-14-25(15-13-24)29(41)38-26(16-19-46-4)30(42)36-21-28(40)37-27(31(43)44)11-7-9-18-34-32(45)33-17-8-5-6-10-23(3)39/h12-15,22,26-27,35H,5-11,16-21H2,1-4H3,(H,36,42)(H,37,40)(H,38,41)(H,43,44)(H2,33,34,45). The number of benzene rings is 1. The number of thioether (sulfide) groups is 1. The Bertz CT molecular complexity index is 1120. The number of Topliss-reactive ketones (excluding diaryl/α,β-unsaturated/α-hetero) is 1. The van der Waals surface area contributed by atoms with E-state index in [0.29, 0.717) is 62.7 Å². The molecule has 5 amide bonds. The Kier molecular flexibility index (Phi) is 20.8. The zero-order valence-corrected chi connectivity index (χ0v) is 28.4. The van der Waals surface area contributed by atoms with Crippen LogP contribution in [0.5, 0.6) is 0 Å². The molecule has 0 aliphatic rings. The summed E-state index contributed by atoms with van der Waals surface area (Å²) < 4.78 is 0. The fourth-order valence-electron chi connectivity index (χ4n) is 4.25. The largest absolute Gasteiger partial charge is 0.480 e. The Morgan fingerprint density at radius 3 is 2.04 bits per heavy atom. The van der Waals surface area contributed by atoms with Gasteiger partial charge in [-0.05, 0) is 75.2 Å². The molecule has 14 heteroatoms. The predicted molar refractivity (Wildman–Crippen MR) is 180 cm³/mol. The molecule has 0 aliphatic carbocycles. The molecule has 2 unspecified atom stereocenters. The zero-order chi connectivity index (χ0) is 34.3. The first-order valence-corrected chi connectivity index (χ1v) is 17.2. The molecule has 7 N–H and O–H groups in total. The van der Waals surface area contributed by atoms with Crippen molar-refractivity contribution in [2.24, 2.45) is 0 Å². The predicted octanol–water partition coefficient (Wildman–Crippen LogP) is 2.34. The highest BCUT2D eigenvalue weighted by Crippen LogP contribution is 2.08. The van der Waals surface area contributed by atoms with Crippen molar-refractivity contribution in [3.8, 4) is 0 Å². The Labute approximate surface area is 276 Å². The van der Waals surface area contributed by atoms with Crippen LogP contribution in [0.4, 0.5) is 4.79 Å². The van der Waals surface area contributed by atoms with E-state index in [1.165, 1.54) is 11.8 Å². The molecule has 0 bridgehead atoms. The molecule has 0 fully saturated rings. The van der Waals surface area contributed by atoms with Gasteiger partial charge < -0.3 is 41.8 Å². The van der Waals surface area contributed by atoms with E-state index in [1.807, 2.05) is 32.2 Å². The van der Waals surface area contributed by atoms with Gasteiger partial charge in [0.2, 0.25) is 11.8 Å². The molecule has 258 valence electrons. The van der Waals surface area contributed by atoms with E-state index in [4.69, 9.17) is 0 Å². The fraction of sp³-hybridized carbons (Fsp3) is 0.625. The Hall–Kier alpha value is -3.65. The summed E-state index contributed by atoms with van der Waals surface area (Å²) in [7, 11) is 0. The van der Waals surface area contributed by atoms with Crippen LogP contribution in [0.1, 0.15) is 88.1 Å². The SMILES string of the molecule is CSCCC(NC(=O)c1ccc(CNC(C)C)cc1)C(=O)NCC(=O)NC(CCCCNC(=O)NCCCCCC(C)=O)C(=O)O. The number of amides is 5. The molecule has 13 nitrogen and oxygen atoms in total.